The third-order valence-electron chi connectivity index (χ3n) is 8.70. The third-order valence-corrected chi connectivity index (χ3v) is 8.70. The zero-order valence-electron chi connectivity index (χ0n) is 19.5. The standard InChI is InChI=1S/C26H22N2O8/c1-13(29)33-19-9-8-17-21-22(19)36-23-20(35-24(30)34-15-5-3-14(4-6-15)28(31)32)10-7-16-18-11-25(17,27(18)2)12-26(16,21)23/h3-10,16,18,20,23H,11-12H2,1-2H3/t16-,18+,20-,23-,25-,26-/m0/s1. The van der Waals surface area contributed by atoms with Gasteiger partial charge in [-0.1, -0.05) is 12.1 Å². The Morgan fingerprint density at radius 3 is 2.61 bits per heavy atom. The van der Waals surface area contributed by atoms with Gasteiger partial charge >= 0.3 is 12.1 Å². The van der Waals surface area contributed by atoms with Crippen molar-refractivity contribution in [3.05, 3.63) is 69.8 Å². The van der Waals surface area contributed by atoms with Crippen molar-refractivity contribution in [2.45, 2.75) is 49.0 Å². The van der Waals surface area contributed by atoms with E-state index in [1.165, 1.54) is 36.8 Å². The molecule has 0 aromatic heterocycles. The van der Waals surface area contributed by atoms with Crippen LogP contribution in [-0.2, 0) is 20.5 Å². The Balaban J connectivity index is 1.23. The summed E-state index contributed by atoms with van der Waals surface area (Å²) in [5, 5.41) is 10.9. The van der Waals surface area contributed by atoms with Crippen LogP contribution < -0.4 is 14.2 Å². The van der Waals surface area contributed by atoms with E-state index in [1.807, 2.05) is 12.1 Å². The Hall–Kier alpha value is -3.92. The molecule has 3 aliphatic heterocycles. The minimum atomic E-state index is -0.931. The molecule has 3 fully saturated rings. The predicted octanol–water partition coefficient (Wildman–Crippen LogP) is 3.61. The van der Waals surface area contributed by atoms with Gasteiger partial charge in [-0.25, -0.2) is 4.79 Å². The Morgan fingerprint density at radius 1 is 1.14 bits per heavy atom. The maximum atomic E-state index is 12.7. The van der Waals surface area contributed by atoms with Crippen molar-refractivity contribution in [3.63, 3.8) is 0 Å². The molecule has 0 unspecified atom stereocenters. The fraction of sp³-hybridized carbons (Fsp3) is 0.385. The second-order valence-electron chi connectivity index (χ2n) is 10.2. The topological polar surface area (TPSA) is 117 Å². The van der Waals surface area contributed by atoms with Gasteiger partial charge in [0.1, 0.15) is 11.9 Å². The quantitative estimate of drug-likeness (QED) is 0.158. The number of carbonyl (C=O) groups is 2. The van der Waals surface area contributed by atoms with Gasteiger partial charge in [0, 0.05) is 42.1 Å². The van der Waals surface area contributed by atoms with Gasteiger partial charge in [-0.2, -0.15) is 0 Å². The smallest absolute Gasteiger partial charge is 0.481 e. The number of non-ortho nitro benzene ring substituents is 1. The monoisotopic (exact) mass is 490 g/mol. The van der Waals surface area contributed by atoms with Gasteiger partial charge in [-0.3, -0.25) is 19.8 Å². The van der Waals surface area contributed by atoms with Gasteiger partial charge in [-0.05, 0) is 49.7 Å². The summed E-state index contributed by atoms with van der Waals surface area (Å²) >= 11 is 0. The molecular formula is C26H22N2O8. The van der Waals surface area contributed by atoms with Gasteiger partial charge in [0.25, 0.3) is 5.69 Å². The van der Waals surface area contributed by atoms with Gasteiger partial charge in [0.2, 0.25) is 0 Å². The molecule has 1 saturated carbocycles. The highest BCUT2D eigenvalue weighted by atomic mass is 16.7. The largest absolute Gasteiger partial charge is 0.514 e. The first-order chi connectivity index (χ1) is 17.2. The number of ether oxygens (including phenoxy) is 4. The van der Waals surface area contributed by atoms with Crippen LogP contribution in [0.3, 0.4) is 0 Å². The highest BCUT2D eigenvalue weighted by molar-refractivity contribution is 5.74. The lowest BCUT2D eigenvalue weighted by Gasteiger charge is -2.66. The predicted molar refractivity (Wildman–Crippen MR) is 123 cm³/mol. The zero-order valence-corrected chi connectivity index (χ0v) is 19.5. The molecule has 36 heavy (non-hydrogen) atoms. The van der Waals surface area contributed by atoms with Crippen molar-refractivity contribution in [2.24, 2.45) is 5.92 Å². The molecule has 0 amide bonds. The Morgan fingerprint density at radius 2 is 1.92 bits per heavy atom. The second kappa shape index (κ2) is 6.85. The molecule has 6 atom stereocenters. The number of piperidine rings is 1. The first-order valence-electron chi connectivity index (χ1n) is 11.8. The number of esters is 1. The van der Waals surface area contributed by atoms with E-state index >= 15 is 0 Å². The summed E-state index contributed by atoms with van der Waals surface area (Å²) in [7, 11) is 2.16. The van der Waals surface area contributed by atoms with Crippen LogP contribution in [0.5, 0.6) is 17.2 Å². The van der Waals surface area contributed by atoms with Crippen LogP contribution in [0.25, 0.3) is 0 Å². The van der Waals surface area contributed by atoms with Crippen molar-refractivity contribution in [1.82, 2.24) is 4.90 Å². The third kappa shape index (κ3) is 2.49. The van der Waals surface area contributed by atoms with Crippen LogP contribution in [-0.4, -0.2) is 47.2 Å². The van der Waals surface area contributed by atoms with Crippen LogP contribution in [0.4, 0.5) is 10.5 Å². The summed E-state index contributed by atoms with van der Waals surface area (Å²) in [6, 6.07) is 9.37. The average molecular weight is 490 g/mol. The van der Waals surface area contributed by atoms with Gasteiger partial charge in [0.15, 0.2) is 17.6 Å². The van der Waals surface area contributed by atoms with Crippen molar-refractivity contribution in [2.75, 3.05) is 7.05 Å². The lowest BCUT2D eigenvalue weighted by Crippen LogP contribution is -2.73. The number of nitro groups is 1. The Bertz CT molecular complexity index is 1390. The summed E-state index contributed by atoms with van der Waals surface area (Å²) < 4.78 is 23.0. The van der Waals surface area contributed by atoms with Crippen molar-refractivity contribution in [3.8, 4) is 17.2 Å². The molecule has 2 aromatic carbocycles. The first-order valence-corrected chi connectivity index (χ1v) is 11.8. The minimum Gasteiger partial charge on any atom is -0.481 e. The van der Waals surface area contributed by atoms with E-state index in [1.54, 1.807) is 6.07 Å². The first kappa shape index (κ1) is 21.4. The number of hydrogen-bond acceptors (Lipinski definition) is 9. The molecule has 10 nitrogen and oxygen atoms in total. The zero-order chi connectivity index (χ0) is 25.0. The highest BCUT2D eigenvalue weighted by Gasteiger charge is 2.77. The van der Waals surface area contributed by atoms with Crippen molar-refractivity contribution in [1.29, 1.82) is 0 Å². The fourth-order valence-corrected chi connectivity index (χ4v) is 7.38. The van der Waals surface area contributed by atoms with Gasteiger partial charge in [-0.15, -0.1) is 0 Å². The number of nitro benzene ring substituents is 1. The molecule has 3 bridgehead atoms. The van der Waals surface area contributed by atoms with Crippen LogP contribution in [0.15, 0.2) is 48.6 Å². The van der Waals surface area contributed by atoms with Crippen LogP contribution in [0.2, 0.25) is 0 Å². The summed E-state index contributed by atoms with van der Waals surface area (Å²) in [6.45, 7) is 1.35. The van der Waals surface area contributed by atoms with E-state index in [2.05, 4.69) is 18.0 Å². The molecule has 3 heterocycles. The van der Waals surface area contributed by atoms with E-state index in [0.29, 0.717) is 17.5 Å². The molecule has 8 rings (SSSR count). The number of benzene rings is 2. The molecule has 2 spiro atoms. The van der Waals surface area contributed by atoms with E-state index in [9.17, 15) is 19.7 Å². The van der Waals surface area contributed by atoms with E-state index in [-0.39, 0.29) is 22.9 Å². The SMILES string of the molecule is CC(=O)Oc1ccc2c3c1O[C@H]1[C@@H](OC(=O)Oc4ccc([N+](=O)[O-])cc4)C=C[C@H]4[C@H]5C[C@@]2(C[C@@]341)N5C. The lowest BCUT2D eigenvalue weighted by molar-refractivity contribution is -0.384. The normalized spacial score (nSPS) is 33.7. The van der Waals surface area contributed by atoms with Crippen LogP contribution in [0, 0.1) is 16.0 Å². The summed E-state index contributed by atoms with van der Waals surface area (Å²) in [6.07, 6.45) is 3.69. The number of rotatable bonds is 4. The van der Waals surface area contributed by atoms with Crippen molar-refractivity contribution >= 4 is 17.8 Å². The fourth-order valence-electron chi connectivity index (χ4n) is 7.38. The molecular weight excluding hydrogens is 468 g/mol. The van der Waals surface area contributed by atoms with E-state index < -0.39 is 34.7 Å². The molecule has 0 N–H and O–H groups in total. The summed E-state index contributed by atoms with van der Waals surface area (Å²) in [5.41, 5.74) is 1.65. The summed E-state index contributed by atoms with van der Waals surface area (Å²) in [4.78, 5) is 37.3. The van der Waals surface area contributed by atoms with Crippen molar-refractivity contribution < 1.29 is 33.5 Å². The molecule has 0 radical (unpaired) electrons. The summed E-state index contributed by atoms with van der Waals surface area (Å²) in [5.74, 6) is 0.792. The maximum Gasteiger partial charge on any atom is 0.514 e. The van der Waals surface area contributed by atoms with E-state index in [4.69, 9.17) is 18.9 Å². The van der Waals surface area contributed by atoms with Crippen LogP contribution in [0.1, 0.15) is 30.9 Å². The highest BCUT2D eigenvalue weighted by Crippen LogP contribution is 2.75. The van der Waals surface area contributed by atoms with Crippen LogP contribution >= 0.6 is 0 Å². The minimum absolute atomic E-state index is 0.100. The number of carbonyl (C=O) groups excluding carboxylic acids is 2. The lowest BCUT2D eigenvalue weighted by atomic mass is 9.52. The van der Waals surface area contributed by atoms with Gasteiger partial charge < -0.3 is 18.9 Å². The molecule has 6 aliphatic rings. The molecule has 3 aliphatic carbocycles. The number of hydrogen-bond donors (Lipinski definition) is 0. The number of nitrogens with zero attached hydrogens (tertiary/aromatic N) is 2. The molecule has 184 valence electrons. The molecule has 2 aromatic rings. The van der Waals surface area contributed by atoms with E-state index in [0.717, 1.165) is 18.4 Å². The molecule has 2 saturated heterocycles. The molecule has 10 heteroatoms. The van der Waals surface area contributed by atoms with Gasteiger partial charge in [0.05, 0.1) is 10.3 Å². The Labute approximate surface area is 205 Å². The average Bonchev–Trinajstić information content (AvgIpc) is 3.29. The Kier molecular flexibility index (Phi) is 4.07. The maximum absolute atomic E-state index is 12.7. The second-order valence-corrected chi connectivity index (χ2v) is 10.2.